The number of carbonyl (C=O) groups excluding carboxylic acids is 1. The summed E-state index contributed by atoms with van der Waals surface area (Å²) < 4.78 is 11.2. The van der Waals surface area contributed by atoms with Gasteiger partial charge in [0, 0.05) is 23.5 Å². The van der Waals surface area contributed by atoms with Gasteiger partial charge in [0.2, 0.25) is 5.82 Å². The summed E-state index contributed by atoms with van der Waals surface area (Å²) in [6.07, 6.45) is 7.48. The SMILES string of the molecule is Cc1c(-c2noc(C(=O)NCCCN(C)C3CCCCC3)n2)oc2c(C)cccc12. The van der Waals surface area contributed by atoms with Crippen LogP contribution in [0.4, 0.5) is 0 Å². The van der Waals surface area contributed by atoms with E-state index in [2.05, 4.69) is 27.4 Å². The van der Waals surface area contributed by atoms with E-state index in [0.29, 0.717) is 24.2 Å². The van der Waals surface area contributed by atoms with Gasteiger partial charge in [-0.15, -0.1) is 0 Å². The first-order valence-electron chi connectivity index (χ1n) is 10.9. The molecule has 0 radical (unpaired) electrons. The zero-order chi connectivity index (χ0) is 21.1. The topological polar surface area (TPSA) is 84.4 Å². The molecule has 7 nitrogen and oxygen atoms in total. The van der Waals surface area contributed by atoms with E-state index >= 15 is 0 Å². The van der Waals surface area contributed by atoms with Gasteiger partial charge in [0.25, 0.3) is 0 Å². The summed E-state index contributed by atoms with van der Waals surface area (Å²) in [5.74, 6) is 0.447. The Hall–Kier alpha value is -2.67. The minimum Gasteiger partial charge on any atom is -0.452 e. The van der Waals surface area contributed by atoms with Crippen LogP contribution in [0.5, 0.6) is 0 Å². The van der Waals surface area contributed by atoms with E-state index in [9.17, 15) is 4.79 Å². The third kappa shape index (κ3) is 4.26. The zero-order valence-electron chi connectivity index (χ0n) is 18.0. The molecule has 0 saturated heterocycles. The average Bonchev–Trinajstić information content (AvgIpc) is 3.37. The number of carbonyl (C=O) groups is 1. The lowest BCUT2D eigenvalue weighted by atomic mass is 9.94. The van der Waals surface area contributed by atoms with Crippen LogP contribution in [0.25, 0.3) is 22.6 Å². The largest absolute Gasteiger partial charge is 0.452 e. The first-order valence-corrected chi connectivity index (χ1v) is 10.9. The van der Waals surface area contributed by atoms with E-state index < -0.39 is 0 Å². The van der Waals surface area contributed by atoms with Crippen LogP contribution in [0.15, 0.2) is 27.1 Å². The van der Waals surface area contributed by atoms with Crippen molar-refractivity contribution in [3.63, 3.8) is 0 Å². The molecule has 7 heteroatoms. The second-order valence-corrected chi connectivity index (χ2v) is 8.31. The van der Waals surface area contributed by atoms with E-state index in [1.165, 1.54) is 32.1 Å². The summed E-state index contributed by atoms with van der Waals surface area (Å²) >= 11 is 0. The molecular weight excluding hydrogens is 380 g/mol. The third-order valence-corrected chi connectivity index (χ3v) is 6.16. The van der Waals surface area contributed by atoms with Crippen LogP contribution in [0.2, 0.25) is 0 Å². The van der Waals surface area contributed by atoms with Crippen molar-refractivity contribution in [2.75, 3.05) is 20.1 Å². The lowest BCUT2D eigenvalue weighted by Crippen LogP contribution is -2.35. The fourth-order valence-electron chi connectivity index (χ4n) is 4.32. The first-order chi connectivity index (χ1) is 14.5. The molecule has 0 atom stereocenters. The second-order valence-electron chi connectivity index (χ2n) is 8.31. The minimum atomic E-state index is -0.348. The number of aromatic nitrogens is 2. The molecule has 160 valence electrons. The lowest BCUT2D eigenvalue weighted by Gasteiger charge is -2.31. The van der Waals surface area contributed by atoms with Crippen molar-refractivity contribution in [2.24, 2.45) is 0 Å². The summed E-state index contributed by atoms with van der Waals surface area (Å²) in [6.45, 7) is 5.50. The average molecular weight is 411 g/mol. The Labute approximate surface area is 176 Å². The number of hydrogen-bond acceptors (Lipinski definition) is 6. The summed E-state index contributed by atoms with van der Waals surface area (Å²) in [4.78, 5) is 19.1. The smallest absolute Gasteiger partial charge is 0.316 e. The van der Waals surface area contributed by atoms with Gasteiger partial charge in [0.05, 0.1) is 0 Å². The number of aryl methyl sites for hydroxylation is 2. The number of hydrogen-bond donors (Lipinski definition) is 1. The molecule has 0 unspecified atom stereocenters. The molecule has 30 heavy (non-hydrogen) atoms. The molecule has 0 bridgehead atoms. The van der Waals surface area contributed by atoms with Gasteiger partial charge in [0.15, 0.2) is 5.76 Å². The molecule has 3 aromatic rings. The van der Waals surface area contributed by atoms with Crippen LogP contribution in [0.1, 0.15) is 60.3 Å². The predicted octanol–water partition coefficient (Wildman–Crippen LogP) is 4.48. The summed E-state index contributed by atoms with van der Waals surface area (Å²) in [5.41, 5.74) is 2.79. The van der Waals surface area contributed by atoms with Gasteiger partial charge in [-0.2, -0.15) is 4.98 Å². The van der Waals surface area contributed by atoms with Crippen molar-refractivity contribution >= 4 is 16.9 Å². The number of rotatable bonds is 7. The molecule has 1 aliphatic carbocycles. The van der Waals surface area contributed by atoms with Crippen LogP contribution >= 0.6 is 0 Å². The maximum absolute atomic E-state index is 12.4. The van der Waals surface area contributed by atoms with E-state index in [4.69, 9.17) is 8.94 Å². The molecule has 1 saturated carbocycles. The zero-order valence-corrected chi connectivity index (χ0v) is 18.0. The van der Waals surface area contributed by atoms with Gasteiger partial charge in [-0.1, -0.05) is 42.6 Å². The van der Waals surface area contributed by atoms with Crippen molar-refractivity contribution in [1.82, 2.24) is 20.4 Å². The fourth-order valence-corrected chi connectivity index (χ4v) is 4.32. The Kier molecular flexibility index (Phi) is 6.18. The molecule has 1 N–H and O–H groups in total. The van der Waals surface area contributed by atoms with Crippen molar-refractivity contribution < 1.29 is 13.7 Å². The van der Waals surface area contributed by atoms with Crippen molar-refractivity contribution in [2.45, 2.75) is 58.4 Å². The monoisotopic (exact) mass is 410 g/mol. The fraction of sp³-hybridized carbons (Fsp3) is 0.522. The molecule has 0 spiro atoms. The van der Waals surface area contributed by atoms with Gasteiger partial charge < -0.3 is 19.2 Å². The number of furan rings is 1. The molecule has 2 heterocycles. The van der Waals surface area contributed by atoms with Gasteiger partial charge in [-0.25, -0.2) is 0 Å². The quantitative estimate of drug-likeness (QED) is 0.578. The van der Waals surface area contributed by atoms with Gasteiger partial charge in [-0.3, -0.25) is 4.79 Å². The van der Waals surface area contributed by atoms with E-state index in [0.717, 1.165) is 35.1 Å². The second kappa shape index (κ2) is 9.00. The predicted molar refractivity (Wildman–Crippen MR) is 115 cm³/mol. The summed E-state index contributed by atoms with van der Waals surface area (Å²) in [5, 5.41) is 7.86. The molecule has 1 aromatic carbocycles. The molecule has 1 aliphatic rings. The highest BCUT2D eigenvalue weighted by Crippen LogP contribution is 2.33. The summed E-state index contributed by atoms with van der Waals surface area (Å²) in [7, 11) is 2.18. The Balaban J connectivity index is 1.33. The molecule has 1 fully saturated rings. The van der Waals surface area contributed by atoms with Crippen molar-refractivity contribution in [3.05, 3.63) is 35.2 Å². The van der Waals surface area contributed by atoms with Crippen molar-refractivity contribution in [1.29, 1.82) is 0 Å². The third-order valence-electron chi connectivity index (χ3n) is 6.16. The number of amides is 1. The van der Waals surface area contributed by atoms with Crippen LogP contribution in [0.3, 0.4) is 0 Å². The molecule has 1 amide bonds. The first kappa shape index (κ1) is 20.6. The van der Waals surface area contributed by atoms with Crippen LogP contribution < -0.4 is 5.32 Å². The minimum absolute atomic E-state index is 0.0396. The van der Waals surface area contributed by atoms with Crippen LogP contribution in [-0.2, 0) is 0 Å². The Bertz CT molecular complexity index is 1020. The molecule has 4 rings (SSSR count). The molecule has 0 aliphatic heterocycles. The van der Waals surface area contributed by atoms with Gasteiger partial charge >= 0.3 is 11.8 Å². The highest BCUT2D eigenvalue weighted by molar-refractivity contribution is 5.91. The molecule has 2 aromatic heterocycles. The number of nitrogens with zero attached hydrogens (tertiary/aromatic N) is 3. The number of benzene rings is 1. The standard InChI is InChI=1S/C23H30N4O3/c1-15-9-7-12-18-16(2)20(29-19(15)18)21-25-23(30-26-21)22(28)24-13-8-14-27(3)17-10-5-4-6-11-17/h7,9,12,17H,4-6,8,10-11,13-14H2,1-3H3,(H,24,28). The van der Waals surface area contributed by atoms with E-state index in [1.807, 2.05) is 32.0 Å². The van der Waals surface area contributed by atoms with Crippen LogP contribution in [-0.4, -0.2) is 47.1 Å². The number of nitrogens with one attached hydrogen (secondary N) is 1. The highest BCUT2D eigenvalue weighted by Gasteiger charge is 2.22. The van der Waals surface area contributed by atoms with Gasteiger partial charge in [0.1, 0.15) is 5.58 Å². The maximum atomic E-state index is 12.4. The Morgan fingerprint density at radius 2 is 2.03 bits per heavy atom. The number of fused-ring (bicyclic) bond motifs is 1. The van der Waals surface area contributed by atoms with Crippen molar-refractivity contribution in [3.8, 4) is 11.6 Å². The van der Waals surface area contributed by atoms with Gasteiger partial charge in [-0.05, 0) is 52.3 Å². The van der Waals surface area contributed by atoms with E-state index in [1.54, 1.807) is 0 Å². The Morgan fingerprint density at radius 3 is 2.80 bits per heavy atom. The van der Waals surface area contributed by atoms with E-state index in [-0.39, 0.29) is 11.8 Å². The number of para-hydroxylation sites is 1. The Morgan fingerprint density at radius 1 is 1.23 bits per heavy atom. The summed E-state index contributed by atoms with van der Waals surface area (Å²) in [6, 6.07) is 6.67. The maximum Gasteiger partial charge on any atom is 0.316 e. The lowest BCUT2D eigenvalue weighted by molar-refractivity contribution is 0.0906. The molecular formula is C23H30N4O3. The highest BCUT2D eigenvalue weighted by atomic mass is 16.5. The van der Waals surface area contributed by atoms with Crippen LogP contribution in [0, 0.1) is 13.8 Å². The normalized spacial score (nSPS) is 15.2.